The zero-order valence-electron chi connectivity index (χ0n) is 10.1. The number of esters is 1. The van der Waals surface area contributed by atoms with Gasteiger partial charge in [0.25, 0.3) is 5.22 Å². The molecule has 2 rings (SSSR count). The van der Waals surface area contributed by atoms with Gasteiger partial charge in [-0.2, -0.15) is 0 Å². The van der Waals surface area contributed by atoms with Crippen LogP contribution in [0.3, 0.4) is 0 Å². The zero-order valence-corrected chi connectivity index (χ0v) is 11.7. The molecule has 0 amide bonds. The molecule has 7 heteroatoms. The lowest BCUT2D eigenvalue weighted by atomic mass is 10.2. The summed E-state index contributed by atoms with van der Waals surface area (Å²) in [5.74, 6) is -0.160. The van der Waals surface area contributed by atoms with Crippen molar-refractivity contribution < 1.29 is 13.9 Å². The number of hydrogen-bond acceptors (Lipinski definition) is 6. The fourth-order valence-corrected chi connectivity index (χ4v) is 2.35. The standard InChI is InChI=1S/C12H11ClN2O3S/c1-2-17-11(16)10-14-15-12(18-10)19-7-8-5-3-4-6-9(8)13/h3-6H,2,7H2,1H3. The molecule has 1 aromatic heterocycles. The lowest BCUT2D eigenvalue weighted by molar-refractivity contribution is 0.0475. The number of carbonyl (C=O) groups is 1. The first-order valence-corrected chi connectivity index (χ1v) is 6.94. The van der Waals surface area contributed by atoms with Crippen LogP contribution in [0.4, 0.5) is 0 Å². The maximum Gasteiger partial charge on any atom is 0.396 e. The molecule has 0 atom stereocenters. The highest BCUT2D eigenvalue weighted by Crippen LogP contribution is 2.25. The zero-order chi connectivity index (χ0) is 13.7. The van der Waals surface area contributed by atoms with Gasteiger partial charge in [0.15, 0.2) is 0 Å². The first-order valence-electron chi connectivity index (χ1n) is 5.57. The van der Waals surface area contributed by atoms with Gasteiger partial charge in [-0.25, -0.2) is 4.79 Å². The number of hydrogen-bond donors (Lipinski definition) is 0. The van der Waals surface area contributed by atoms with Crippen molar-refractivity contribution in [1.82, 2.24) is 10.2 Å². The Morgan fingerprint density at radius 2 is 2.21 bits per heavy atom. The van der Waals surface area contributed by atoms with Crippen molar-refractivity contribution in [3.8, 4) is 0 Å². The number of ether oxygens (including phenoxy) is 1. The Kier molecular flexibility index (Phi) is 4.81. The van der Waals surface area contributed by atoms with Gasteiger partial charge in [-0.3, -0.25) is 0 Å². The topological polar surface area (TPSA) is 65.2 Å². The van der Waals surface area contributed by atoms with Crippen molar-refractivity contribution in [3.05, 3.63) is 40.7 Å². The third-order valence-electron chi connectivity index (χ3n) is 2.17. The Morgan fingerprint density at radius 1 is 1.42 bits per heavy atom. The average Bonchev–Trinajstić information content (AvgIpc) is 2.87. The lowest BCUT2D eigenvalue weighted by Gasteiger charge is -2.00. The van der Waals surface area contributed by atoms with Crippen molar-refractivity contribution in [2.24, 2.45) is 0 Å². The van der Waals surface area contributed by atoms with E-state index in [9.17, 15) is 4.79 Å². The van der Waals surface area contributed by atoms with Crippen molar-refractivity contribution >= 4 is 29.3 Å². The summed E-state index contributed by atoms with van der Waals surface area (Å²) < 4.78 is 9.94. The monoisotopic (exact) mass is 298 g/mol. The molecule has 0 unspecified atom stereocenters. The SMILES string of the molecule is CCOC(=O)c1nnc(SCc2ccccc2Cl)o1. The molecule has 0 aliphatic carbocycles. The summed E-state index contributed by atoms with van der Waals surface area (Å²) in [7, 11) is 0. The molecule has 5 nitrogen and oxygen atoms in total. The Bertz CT molecular complexity index is 574. The van der Waals surface area contributed by atoms with Gasteiger partial charge in [-0.1, -0.05) is 46.7 Å². The van der Waals surface area contributed by atoms with Gasteiger partial charge >= 0.3 is 11.9 Å². The maximum absolute atomic E-state index is 11.3. The van der Waals surface area contributed by atoms with E-state index in [2.05, 4.69) is 10.2 Å². The quantitative estimate of drug-likeness (QED) is 0.624. The Balaban J connectivity index is 1.97. The highest BCUT2D eigenvalue weighted by molar-refractivity contribution is 7.98. The van der Waals surface area contributed by atoms with Crippen molar-refractivity contribution in [2.45, 2.75) is 17.9 Å². The number of halogens is 1. The number of nitrogens with zero attached hydrogens (tertiary/aromatic N) is 2. The normalized spacial score (nSPS) is 10.4. The van der Waals surface area contributed by atoms with Gasteiger partial charge in [-0.15, -0.1) is 5.10 Å². The molecule has 1 heterocycles. The lowest BCUT2D eigenvalue weighted by Crippen LogP contribution is -2.04. The minimum absolute atomic E-state index is 0.136. The summed E-state index contributed by atoms with van der Waals surface area (Å²) in [4.78, 5) is 11.3. The molecule has 0 saturated carbocycles. The Hall–Kier alpha value is -1.53. The first-order chi connectivity index (χ1) is 9.20. The average molecular weight is 299 g/mol. The second kappa shape index (κ2) is 6.58. The Labute approximate surface area is 119 Å². The molecule has 1 aromatic carbocycles. The van der Waals surface area contributed by atoms with Crippen molar-refractivity contribution in [3.63, 3.8) is 0 Å². The van der Waals surface area contributed by atoms with Gasteiger partial charge in [0.05, 0.1) is 6.61 Å². The molecule has 0 fully saturated rings. The van der Waals surface area contributed by atoms with Crippen LogP contribution < -0.4 is 0 Å². The van der Waals surface area contributed by atoms with Crippen LogP contribution in [0.1, 0.15) is 23.2 Å². The maximum atomic E-state index is 11.3. The van der Waals surface area contributed by atoms with Gasteiger partial charge in [-0.05, 0) is 18.6 Å². The van der Waals surface area contributed by atoms with E-state index >= 15 is 0 Å². The van der Waals surface area contributed by atoms with Crippen LogP contribution in [0.5, 0.6) is 0 Å². The molecule has 2 aromatic rings. The molecule has 0 aliphatic rings. The van der Waals surface area contributed by atoms with E-state index in [0.29, 0.717) is 16.0 Å². The molecule has 0 bridgehead atoms. The van der Waals surface area contributed by atoms with E-state index in [1.807, 2.05) is 24.3 Å². The molecular weight excluding hydrogens is 288 g/mol. The third kappa shape index (κ3) is 3.71. The minimum atomic E-state index is -0.611. The molecule has 0 spiro atoms. The van der Waals surface area contributed by atoms with E-state index in [0.717, 1.165) is 5.56 Å². The highest BCUT2D eigenvalue weighted by atomic mass is 35.5. The van der Waals surface area contributed by atoms with Crippen LogP contribution in [0.15, 0.2) is 33.9 Å². The van der Waals surface area contributed by atoms with Gasteiger partial charge in [0, 0.05) is 10.8 Å². The predicted molar refractivity (Wildman–Crippen MR) is 71.3 cm³/mol. The fourth-order valence-electron chi connectivity index (χ4n) is 1.30. The number of carbonyl (C=O) groups excluding carboxylic acids is 1. The van der Waals surface area contributed by atoms with Crippen LogP contribution in [-0.2, 0) is 10.5 Å². The summed E-state index contributed by atoms with van der Waals surface area (Å²) >= 11 is 7.34. The summed E-state index contributed by atoms with van der Waals surface area (Å²) in [6, 6.07) is 7.49. The van der Waals surface area contributed by atoms with Crippen LogP contribution in [-0.4, -0.2) is 22.8 Å². The molecule has 0 saturated heterocycles. The van der Waals surface area contributed by atoms with Crippen LogP contribution in [0.25, 0.3) is 0 Å². The van der Waals surface area contributed by atoms with Gasteiger partial charge in [0.2, 0.25) is 0 Å². The molecule has 0 radical (unpaired) electrons. The first kappa shape index (κ1) is 13.9. The summed E-state index contributed by atoms with van der Waals surface area (Å²) in [5, 5.41) is 8.38. The van der Waals surface area contributed by atoms with E-state index < -0.39 is 5.97 Å². The van der Waals surface area contributed by atoms with E-state index in [4.69, 9.17) is 20.8 Å². The van der Waals surface area contributed by atoms with Crippen molar-refractivity contribution in [2.75, 3.05) is 6.61 Å². The van der Waals surface area contributed by atoms with Gasteiger partial charge in [0.1, 0.15) is 0 Å². The van der Waals surface area contributed by atoms with Crippen molar-refractivity contribution in [1.29, 1.82) is 0 Å². The van der Waals surface area contributed by atoms with E-state index in [-0.39, 0.29) is 12.5 Å². The highest BCUT2D eigenvalue weighted by Gasteiger charge is 2.16. The number of rotatable bonds is 5. The number of aromatic nitrogens is 2. The summed E-state index contributed by atoms with van der Waals surface area (Å²) in [5.41, 5.74) is 0.963. The van der Waals surface area contributed by atoms with Gasteiger partial charge < -0.3 is 9.15 Å². The largest absolute Gasteiger partial charge is 0.459 e. The smallest absolute Gasteiger partial charge is 0.396 e. The minimum Gasteiger partial charge on any atom is -0.459 e. The number of thioether (sulfide) groups is 1. The second-order valence-corrected chi connectivity index (χ2v) is 4.81. The molecule has 19 heavy (non-hydrogen) atoms. The van der Waals surface area contributed by atoms with E-state index in [1.54, 1.807) is 6.92 Å². The number of benzene rings is 1. The summed E-state index contributed by atoms with van der Waals surface area (Å²) in [6.07, 6.45) is 0. The molecule has 0 N–H and O–H groups in total. The summed E-state index contributed by atoms with van der Waals surface area (Å²) in [6.45, 7) is 1.98. The second-order valence-electron chi connectivity index (χ2n) is 3.47. The predicted octanol–water partition coefficient (Wildman–Crippen LogP) is 3.19. The fraction of sp³-hybridized carbons (Fsp3) is 0.250. The Morgan fingerprint density at radius 3 is 2.95 bits per heavy atom. The van der Waals surface area contributed by atoms with Crippen LogP contribution in [0, 0.1) is 0 Å². The third-order valence-corrected chi connectivity index (χ3v) is 3.40. The molecule has 0 aliphatic heterocycles. The van der Waals surface area contributed by atoms with Crippen LogP contribution in [0.2, 0.25) is 5.02 Å². The molecule has 100 valence electrons. The van der Waals surface area contributed by atoms with E-state index in [1.165, 1.54) is 11.8 Å². The molecular formula is C12H11ClN2O3S. The van der Waals surface area contributed by atoms with Crippen LogP contribution >= 0.6 is 23.4 Å².